The topological polar surface area (TPSA) is 32.3 Å². The fourth-order valence-corrected chi connectivity index (χ4v) is 1.49. The molecule has 0 saturated carbocycles. The quantitative estimate of drug-likeness (QED) is 0.688. The van der Waals surface area contributed by atoms with Gasteiger partial charge >= 0.3 is 0 Å². The molecular formula is C10H13NO. The average Bonchev–Trinajstić information content (AvgIpc) is 1.97. The summed E-state index contributed by atoms with van der Waals surface area (Å²) in [6.45, 7) is 1.14. The molecule has 0 amide bonds. The Labute approximate surface area is 72.2 Å². The maximum Gasteiger partial charge on any atom is 0.115 e. The number of benzene rings is 1. The van der Waals surface area contributed by atoms with Crippen LogP contribution in [0, 0.1) is 0 Å². The third kappa shape index (κ3) is 1.59. The van der Waals surface area contributed by atoms with Gasteiger partial charge in [-0.2, -0.15) is 0 Å². The van der Waals surface area contributed by atoms with Gasteiger partial charge in [-0.1, -0.05) is 12.1 Å². The first-order valence-electron chi connectivity index (χ1n) is 4.36. The molecule has 1 aromatic carbocycles. The van der Waals surface area contributed by atoms with Crippen LogP contribution in [0.2, 0.25) is 0 Å². The third-order valence-corrected chi connectivity index (χ3v) is 2.32. The highest BCUT2D eigenvalue weighted by atomic mass is 16.3. The average molecular weight is 163 g/mol. The van der Waals surface area contributed by atoms with Gasteiger partial charge in [-0.15, -0.1) is 0 Å². The molecule has 1 aromatic rings. The van der Waals surface area contributed by atoms with Crippen molar-refractivity contribution in [1.82, 2.24) is 5.32 Å². The van der Waals surface area contributed by atoms with Crippen molar-refractivity contribution in [2.24, 2.45) is 0 Å². The van der Waals surface area contributed by atoms with E-state index in [-0.39, 0.29) is 0 Å². The highest BCUT2D eigenvalue weighted by molar-refractivity contribution is 5.27. The molecule has 1 unspecified atom stereocenters. The van der Waals surface area contributed by atoms with Gasteiger partial charge in [-0.3, -0.25) is 0 Å². The molecule has 1 saturated heterocycles. The number of rotatable bonds is 2. The molecule has 0 spiro atoms. The zero-order valence-electron chi connectivity index (χ0n) is 6.96. The molecule has 2 N–H and O–H groups in total. The number of phenolic OH excluding ortho intramolecular Hbond substituents is 1. The summed E-state index contributed by atoms with van der Waals surface area (Å²) in [7, 11) is 0. The van der Waals surface area contributed by atoms with Crippen LogP contribution in [0.15, 0.2) is 24.3 Å². The Kier molecular flexibility index (Phi) is 2.00. The second kappa shape index (κ2) is 3.15. The lowest BCUT2D eigenvalue weighted by Crippen LogP contribution is -2.44. The molecule has 2 heteroatoms. The SMILES string of the molecule is Oc1cccc(CC2CCN2)c1. The van der Waals surface area contributed by atoms with Crippen molar-refractivity contribution in [2.75, 3.05) is 6.54 Å². The smallest absolute Gasteiger partial charge is 0.115 e. The molecule has 1 heterocycles. The molecule has 2 rings (SSSR count). The van der Waals surface area contributed by atoms with Crippen LogP contribution in [0.3, 0.4) is 0 Å². The minimum atomic E-state index is 0.367. The van der Waals surface area contributed by atoms with Gasteiger partial charge in [0, 0.05) is 6.04 Å². The van der Waals surface area contributed by atoms with Crippen LogP contribution in [0.25, 0.3) is 0 Å². The van der Waals surface area contributed by atoms with E-state index >= 15 is 0 Å². The minimum Gasteiger partial charge on any atom is -0.508 e. The van der Waals surface area contributed by atoms with Crippen molar-refractivity contribution in [3.05, 3.63) is 29.8 Å². The van der Waals surface area contributed by atoms with Crippen LogP contribution in [0.4, 0.5) is 0 Å². The molecule has 12 heavy (non-hydrogen) atoms. The maximum absolute atomic E-state index is 9.20. The molecule has 2 nitrogen and oxygen atoms in total. The molecule has 1 aliphatic rings. The molecule has 1 fully saturated rings. The van der Waals surface area contributed by atoms with Gasteiger partial charge < -0.3 is 10.4 Å². The van der Waals surface area contributed by atoms with Crippen LogP contribution < -0.4 is 5.32 Å². The van der Waals surface area contributed by atoms with E-state index in [0.717, 1.165) is 13.0 Å². The lowest BCUT2D eigenvalue weighted by Gasteiger charge is -2.27. The van der Waals surface area contributed by atoms with Crippen LogP contribution in [0.5, 0.6) is 5.75 Å². The normalized spacial score (nSPS) is 21.8. The Morgan fingerprint density at radius 3 is 2.92 bits per heavy atom. The summed E-state index contributed by atoms with van der Waals surface area (Å²) in [5.41, 5.74) is 1.22. The summed E-state index contributed by atoms with van der Waals surface area (Å²) in [6, 6.07) is 8.12. The van der Waals surface area contributed by atoms with Gasteiger partial charge in [0.05, 0.1) is 0 Å². The van der Waals surface area contributed by atoms with Crippen LogP contribution in [0.1, 0.15) is 12.0 Å². The van der Waals surface area contributed by atoms with E-state index in [1.165, 1.54) is 12.0 Å². The monoisotopic (exact) mass is 163 g/mol. The number of hydrogen-bond donors (Lipinski definition) is 2. The Morgan fingerprint density at radius 2 is 2.33 bits per heavy atom. The van der Waals surface area contributed by atoms with Gasteiger partial charge in [-0.25, -0.2) is 0 Å². The lowest BCUT2D eigenvalue weighted by atomic mass is 9.98. The van der Waals surface area contributed by atoms with Crippen LogP contribution in [-0.4, -0.2) is 17.7 Å². The van der Waals surface area contributed by atoms with Crippen molar-refractivity contribution in [2.45, 2.75) is 18.9 Å². The number of nitrogens with one attached hydrogen (secondary N) is 1. The van der Waals surface area contributed by atoms with E-state index in [1.54, 1.807) is 6.07 Å². The first kappa shape index (κ1) is 7.62. The summed E-state index contributed by atoms with van der Waals surface area (Å²) < 4.78 is 0. The van der Waals surface area contributed by atoms with Gasteiger partial charge in [0.2, 0.25) is 0 Å². The summed E-state index contributed by atoms with van der Waals surface area (Å²) in [6.07, 6.45) is 2.30. The van der Waals surface area contributed by atoms with Crippen LogP contribution in [-0.2, 0) is 6.42 Å². The Hall–Kier alpha value is -1.02. The standard InChI is InChI=1S/C10H13NO/c12-10-3-1-2-8(7-10)6-9-4-5-11-9/h1-3,7,9,11-12H,4-6H2. The lowest BCUT2D eigenvalue weighted by molar-refractivity contribution is 0.369. The fourth-order valence-electron chi connectivity index (χ4n) is 1.49. The van der Waals surface area contributed by atoms with E-state index in [0.29, 0.717) is 11.8 Å². The van der Waals surface area contributed by atoms with Crippen LogP contribution >= 0.6 is 0 Å². The molecule has 0 radical (unpaired) electrons. The Balaban J connectivity index is 2.02. The summed E-state index contributed by atoms with van der Waals surface area (Å²) >= 11 is 0. The molecule has 1 atom stereocenters. The Morgan fingerprint density at radius 1 is 1.50 bits per heavy atom. The summed E-state index contributed by atoms with van der Waals surface area (Å²) in [5.74, 6) is 0.367. The van der Waals surface area contributed by atoms with Crippen molar-refractivity contribution >= 4 is 0 Å². The third-order valence-electron chi connectivity index (χ3n) is 2.32. The summed E-state index contributed by atoms with van der Waals surface area (Å²) in [4.78, 5) is 0. The first-order chi connectivity index (χ1) is 5.84. The predicted octanol–water partition coefficient (Wildman–Crippen LogP) is 1.30. The van der Waals surface area contributed by atoms with E-state index in [2.05, 4.69) is 11.4 Å². The fraction of sp³-hybridized carbons (Fsp3) is 0.400. The second-order valence-electron chi connectivity index (χ2n) is 3.31. The van der Waals surface area contributed by atoms with Crippen molar-refractivity contribution in [1.29, 1.82) is 0 Å². The highest BCUT2D eigenvalue weighted by Crippen LogP contribution is 2.15. The number of hydrogen-bond acceptors (Lipinski definition) is 2. The summed E-state index contributed by atoms with van der Waals surface area (Å²) in [5, 5.41) is 12.5. The molecular weight excluding hydrogens is 150 g/mol. The Bertz CT molecular complexity index is 268. The largest absolute Gasteiger partial charge is 0.508 e. The molecule has 0 aliphatic carbocycles. The highest BCUT2D eigenvalue weighted by Gasteiger charge is 2.16. The van der Waals surface area contributed by atoms with Gasteiger partial charge in [-0.05, 0) is 37.1 Å². The van der Waals surface area contributed by atoms with E-state index < -0.39 is 0 Å². The second-order valence-corrected chi connectivity index (χ2v) is 3.31. The van der Waals surface area contributed by atoms with E-state index in [1.807, 2.05) is 12.1 Å². The van der Waals surface area contributed by atoms with Crippen molar-refractivity contribution < 1.29 is 5.11 Å². The number of phenols is 1. The van der Waals surface area contributed by atoms with Crippen molar-refractivity contribution in [3.63, 3.8) is 0 Å². The molecule has 0 bridgehead atoms. The van der Waals surface area contributed by atoms with E-state index in [4.69, 9.17) is 0 Å². The molecule has 0 aromatic heterocycles. The zero-order valence-corrected chi connectivity index (χ0v) is 6.96. The minimum absolute atomic E-state index is 0.367. The van der Waals surface area contributed by atoms with Gasteiger partial charge in [0.15, 0.2) is 0 Å². The molecule has 64 valence electrons. The zero-order chi connectivity index (χ0) is 8.39. The molecule has 1 aliphatic heterocycles. The predicted molar refractivity (Wildman–Crippen MR) is 48.2 cm³/mol. The van der Waals surface area contributed by atoms with Gasteiger partial charge in [0.25, 0.3) is 0 Å². The maximum atomic E-state index is 9.20. The number of aromatic hydroxyl groups is 1. The first-order valence-corrected chi connectivity index (χ1v) is 4.36. The van der Waals surface area contributed by atoms with Crippen molar-refractivity contribution in [3.8, 4) is 5.75 Å². The van der Waals surface area contributed by atoms with Gasteiger partial charge in [0.1, 0.15) is 5.75 Å². The van der Waals surface area contributed by atoms with E-state index in [9.17, 15) is 5.11 Å².